The Morgan fingerprint density at radius 1 is 0.957 bits per heavy atom. The third kappa shape index (κ3) is 3.94. The fourth-order valence-corrected chi connectivity index (χ4v) is 2.35. The lowest BCUT2D eigenvalue weighted by atomic mass is 10.0. The van der Waals surface area contributed by atoms with E-state index >= 15 is 0 Å². The van der Waals surface area contributed by atoms with E-state index in [9.17, 15) is 9.90 Å². The fraction of sp³-hybridized carbons (Fsp3) is 0.278. The second-order valence-corrected chi connectivity index (χ2v) is 4.98. The Hall–Kier alpha value is -2.69. The lowest BCUT2D eigenvalue weighted by molar-refractivity contribution is 0.0982. The van der Waals surface area contributed by atoms with Crippen molar-refractivity contribution in [1.29, 1.82) is 0 Å². The van der Waals surface area contributed by atoms with E-state index in [1.54, 1.807) is 45.6 Å². The van der Waals surface area contributed by atoms with E-state index in [4.69, 9.17) is 14.2 Å². The molecule has 0 saturated carbocycles. The highest BCUT2D eigenvalue weighted by Crippen LogP contribution is 2.35. The molecule has 0 amide bonds. The summed E-state index contributed by atoms with van der Waals surface area (Å²) in [7, 11) is 4.71. The number of ether oxygens (including phenoxy) is 3. The topological polar surface area (TPSA) is 65.0 Å². The van der Waals surface area contributed by atoms with Gasteiger partial charge >= 0.3 is 0 Å². The number of benzene rings is 2. The highest BCUT2D eigenvalue weighted by atomic mass is 16.5. The van der Waals surface area contributed by atoms with Crippen molar-refractivity contribution in [3.05, 3.63) is 47.5 Å². The number of phenolic OH excluding ortho intramolecular Hbond substituents is 1. The minimum atomic E-state index is -0.00933. The smallest absolute Gasteiger partial charge is 0.163 e. The second kappa shape index (κ2) is 7.54. The second-order valence-electron chi connectivity index (χ2n) is 4.98. The maximum absolute atomic E-state index is 12.3. The minimum Gasteiger partial charge on any atom is -0.508 e. The van der Waals surface area contributed by atoms with Crippen molar-refractivity contribution >= 4 is 5.78 Å². The number of ketones is 1. The van der Waals surface area contributed by atoms with E-state index in [-0.39, 0.29) is 11.5 Å². The molecule has 0 aromatic heterocycles. The maximum Gasteiger partial charge on any atom is 0.163 e. The molecule has 5 heteroatoms. The molecule has 2 aromatic carbocycles. The minimum absolute atomic E-state index is 0.00933. The summed E-state index contributed by atoms with van der Waals surface area (Å²) in [4.78, 5) is 12.3. The van der Waals surface area contributed by atoms with Crippen LogP contribution >= 0.6 is 0 Å². The Morgan fingerprint density at radius 2 is 1.52 bits per heavy atom. The molecule has 1 N–H and O–H groups in total. The first-order chi connectivity index (χ1) is 11.1. The van der Waals surface area contributed by atoms with Crippen molar-refractivity contribution in [2.45, 2.75) is 12.8 Å². The molecular formula is C18H20O5. The quantitative estimate of drug-likeness (QED) is 0.794. The van der Waals surface area contributed by atoms with Crippen LogP contribution < -0.4 is 14.2 Å². The Bertz CT molecular complexity index is 651. The van der Waals surface area contributed by atoms with Crippen LogP contribution in [0.5, 0.6) is 23.0 Å². The van der Waals surface area contributed by atoms with Gasteiger partial charge in [-0.15, -0.1) is 0 Å². The van der Waals surface area contributed by atoms with Gasteiger partial charge in [0.2, 0.25) is 0 Å². The predicted molar refractivity (Wildman–Crippen MR) is 86.9 cm³/mol. The zero-order valence-corrected chi connectivity index (χ0v) is 13.5. The van der Waals surface area contributed by atoms with Gasteiger partial charge in [-0.2, -0.15) is 0 Å². The molecule has 122 valence electrons. The number of phenols is 1. The number of carbonyl (C=O) groups excluding carboxylic acids is 1. The molecular weight excluding hydrogens is 296 g/mol. The van der Waals surface area contributed by atoms with Gasteiger partial charge in [0.05, 0.1) is 21.3 Å². The van der Waals surface area contributed by atoms with Crippen molar-refractivity contribution in [3.8, 4) is 23.0 Å². The first-order valence-electron chi connectivity index (χ1n) is 7.20. The zero-order valence-electron chi connectivity index (χ0n) is 13.5. The number of Topliss-reactive ketones (excluding diaryl/α,β-unsaturated/α-hetero) is 1. The standard InChI is InChI=1S/C18H20O5/c1-21-14-10-17(22-2)15(18(11-14)23-3)8-9-16(20)12-4-6-13(19)7-5-12/h4-7,10-11,19H,8-9H2,1-3H3. The summed E-state index contributed by atoms with van der Waals surface area (Å²) in [6, 6.07) is 9.76. The largest absolute Gasteiger partial charge is 0.508 e. The van der Waals surface area contributed by atoms with Crippen molar-refractivity contribution in [1.82, 2.24) is 0 Å². The number of rotatable bonds is 7. The molecule has 2 aromatic rings. The van der Waals surface area contributed by atoms with Crippen LogP contribution in [-0.2, 0) is 6.42 Å². The molecule has 23 heavy (non-hydrogen) atoms. The summed E-state index contributed by atoms with van der Waals surface area (Å²) in [5.41, 5.74) is 1.39. The molecule has 0 aliphatic carbocycles. The average Bonchev–Trinajstić information content (AvgIpc) is 2.59. The van der Waals surface area contributed by atoms with Gasteiger partial charge in [-0.05, 0) is 30.7 Å². The average molecular weight is 316 g/mol. The predicted octanol–water partition coefficient (Wildman–Crippen LogP) is 3.23. The highest BCUT2D eigenvalue weighted by molar-refractivity contribution is 5.96. The molecule has 0 atom stereocenters. The fourth-order valence-electron chi connectivity index (χ4n) is 2.35. The van der Waals surface area contributed by atoms with Crippen molar-refractivity contribution < 1.29 is 24.1 Å². The molecule has 0 spiro atoms. The lowest BCUT2D eigenvalue weighted by Crippen LogP contribution is -2.04. The summed E-state index contributed by atoms with van der Waals surface area (Å²) in [6.07, 6.45) is 0.792. The number of aromatic hydroxyl groups is 1. The molecule has 5 nitrogen and oxygen atoms in total. The van der Waals surface area contributed by atoms with Crippen LogP contribution in [0.2, 0.25) is 0 Å². The van der Waals surface area contributed by atoms with E-state index in [1.807, 2.05) is 0 Å². The summed E-state index contributed by atoms with van der Waals surface area (Å²) >= 11 is 0. The summed E-state index contributed by atoms with van der Waals surface area (Å²) < 4.78 is 16.0. The zero-order chi connectivity index (χ0) is 16.8. The summed E-state index contributed by atoms with van der Waals surface area (Å²) in [6.45, 7) is 0. The molecule has 0 bridgehead atoms. The van der Waals surface area contributed by atoms with Crippen molar-refractivity contribution in [2.75, 3.05) is 21.3 Å². The van der Waals surface area contributed by atoms with Crippen LogP contribution in [0.15, 0.2) is 36.4 Å². The first kappa shape index (κ1) is 16.7. The highest BCUT2D eigenvalue weighted by Gasteiger charge is 2.15. The van der Waals surface area contributed by atoms with E-state index in [0.717, 1.165) is 5.56 Å². The lowest BCUT2D eigenvalue weighted by Gasteiger charge is -2.14. The van der Waals surface area contributed by atoms with Gasteiger partial charge < -0.3 is 19.3 Å². The first-order valence-corrected chi connectivity index (χ1v) is 7.20. The van der Waals surface area contributed by atoms with Crippen LogP contribution in [0, 0.1) is 0 Å². The third-order valence-electron chi connectivity index (χ3n) is 3.61. The molecule has 0 aliphatic rings. The van der Waals surface area contributed by atoms with Gasteiger partial charge in [0.1, 0.15) is 23.0 Å². The molecule has 0 saturated heterocycles. The number of hydrogen-bond donors (Lipinski definition) is 1. The normalized spacial score (nSPS) is 10.2. The Kier molecular flexibility index (Phi) is 5.46. The summed E-state index contributed by atoms with van der Waals surface area (Å²) in [5, 5.41) is 9.28. The number of carbonyl (C=O) groups is 1. The van der Waals surface area contributed by atoms with Crippen molar-refractivity contribution in [2.24, 2.45) is 0 Å². The van der Waals surface area contributed by atoms with Crippen LogP contribution in [0.25, 0.3) is 0 Å². The molecule has 0 fully saturated rings. The van der Waals surface area contributed by atoms with E-state index in [1.165, 1.54) is 12.1 Å². The molecule has 2 rings (SSSR count). The van der Waals surface area contributed by atoms with Crippen molar-refractivity contribution in [3.63, 3.8) is 0 Å². The number of hydrogen-bond acceptors (Lipinski definition) is 5. The van der Waals surface area contributed by atoms with Crippen LogP contribution in [0.4, 0.5) is 0 Å². The van der Waals surface area contributed by atoms with Gasteiger partial charge in [-0.25, -0.2) is 0 Å². The third-order valence-corrected chi connectivity index (χ3v) is 3.61. The van der Waals surface area contributed by atoms with E-state index < -0.39 is 0 Å². The molecule has 0 aliphatic heterocycles. The van der Waals surface area contributed by atoms with Crippen LogP contribution in [-0.4, -0.2) is 32.2 Å². The Labute approximate surface area is 135 Å². The van der Waals surface area contributed by atoms with Gasteiger partial charge in [-0.3, -0.25) is 4.79 Å². The van der Waals surface area contributed by atoms with Crippen LogP contribution in [0.1, 0.15) is 22.3 Å². The molecule has 0 unspecified atom stereocenters. The maximum atomic E-state index is 12.3. The van der Waals surface area contributed by atoms with E-state index in [2.05, 4.69) is 0 Å². The SMILES string of the molecule is COc1cc(OC)c(CCC(=O)c2ccc(O)cc2)c(OC)c1. The van der Waals surface area contributed by atoms with Gasteiger partial charge in [0, 0.05) is 29.7 Å². The van der Waals surface area contributed by atoms with Gasteiger partial charge in [0.25, 0.3) is 0 Å². The van der Waals surface area contributed by atoms with Crippen LogP contribution in [0.3, 0.4) is 0 Å². The number of methoxy groups -OCH3 is 3. The van der Waals surface area contributed by atoms with E-state index in [0.29, 0.717) is 35.7 Å². The monoisotopic (exact) mass is 316 g/mol. The Morgan fingerprint density at radius 3 is 2.00 bits per heavy atom. The molecule has 0 radical (unpaired) electrons. The van der Waals surface area contributed by atoms with Gasteiger partial charge in [-0.1, -0.05) is 0 Å². The Balaban J connectivity index is 2.19. The summed E-state index contributed by atoms with van der Waals surface area (Å²) in [5.74, 6) is 2.01. The van der Waals surface area contributed by atoms with Gasteiger partial charge in [0.15, 0.2) is 5.78 Å². The molecule has 0 heterocycles.